The Kier molecular flexibility index (Phi) is 7.19. The van der Waals surface area contributed by atoms with Crippen LogP contribution in [0.2, 0.25) is 0 Å². The molecule has 8 heteroatoms. The van der Waals surface area contributed by atoms with Crippen LogP contribution in [0.15, 0.2) is 35.5 Å². The Labute approximate surface area is 199 Å². The molecule has 4 rings (SSSR count). The lowest BCUT2D eigenvalue weighted by atomic mass is 9.95. The van der Waals surface area contributed by atoms with Gasteiger partial charge in [-0.25, -0.2) is 0 Å². The first-order chi connectivity index (χ1) is 16.0. The van der Waals surface area contributed by atoms with Crippen LogP contribution >= 0.6 is 11.8 Å². The second-order valence-electron chi connectivity index (χ2n) is 8.65. The van der Waals surface area contributed by atoms with Crippen LogP contribution in [0.3, 0.4) is 0 Å². The van der Waals surface area contributed by atoms with Gasteiger partial charge in [-0.2, -0.15) is 5.26 Å². The molecule has 0 bridgehead atoms. The summed E-state index contributed by atoms with van der Waals surface area (Å²) < 4.78 is 4.21. The molecule has 1 amide bonds. The molecular weight excluding hydrogens is 432 g/mol. The lowest BCUT2D eigenvalue weighted by Crippen LogP contribution is -2.20. The van der Waals surface area contributed by atoms with Crippen molar-refractivity contribution in [3.05, 3.63) is 58.5 Å². The molecule has 172 valence electrons. The van der Waals surface area contributed by atoms with Crippen molar-refractivity contribution in [3.8, 4) is 6.07 Å². The first-order valence-corrected chi connectivity index (χ1v) is 12.5. The van der Waals surface area contributed by atoms with Crippen LogP contribution in [0.4, 0.5) is 5.82 Å². The van der Waals surface area contributed by atoms with Crippen LogP contribution in [0.1, 0.15) is 66.4 Å². The number of amides is 1. The zero-order chi connectivity index (χ0) is 23.4. The molecule has 1 aliphatic rings. The van der Waals surface area contributed by atoms with E-state index < -0.39 is 0 Å². The Morgan fingerprint density at radius 2 is 1.88 bits per heavy atom. The summed E-state index contributed by atoms with van der Waals surface area (Å²) in [5, 5.41) is 22.2. The Bertz CT molecular complexity index is 1170. The van der Waals surface area contributed by atoms with Gasteiger partial charge in [0.05, 0.1) is 11.3 Å². The van der Waals surface area contributed by atoms with E-state index in [9.17, 15) is 10.1 Å². The van der Waals surface area contributed by atoms with E-state index in [2.05, 4.69) is 26.2 Å². The van der Waals surface area contributed by atoms with Crippen molar-refractivity contribution in [1.29, 1.82) is 5.26 Å². The molecule has 2 heterocycles. The minimum absolute atomic E-state index is 0.154. The van der Waals surface area contributed by atoms with Gasteiger partial charge in [0.25, 0.3) is 0 Å². The van der Waals surface area contributed by atoms with E-state index in [1.165, 1.54) is 31.0 Å². The molecule has 1 N–H and O–H groups in total. The maximum Gasteiger partial charge on any atom is 0.235 e. The number of aromatic nitrogens is 4. The van der Waals surface area contributed by atoms with Gasteiger partial charge >= 0.3 is 0 Å². The normalized spacial score (nSPS) is 14.2. The molecule has 3 aromatic rings. The van der Waals surface area contributed by atoms with Crippen LogP contribution in [0.5, 0.6) is 0 Å². The number of rotatable bonds is 7. The van der Waals surface area contributed by atoms with E-state index in [1.807, 2.05) is 55.7 Å². The lowest BCUT2D eigenvalue weighted by molar-refractivity contribution is -0.113. The number of nitrogens with one attached hydrogen (secondary N) is 1. The first-order valence-electron chi connectivity index (χ1n) is 11.5. The van der Waals surface area contributed by atoms with E-state index >= 15 is 0 Å². The average Bonchev–Trinajstić information content (AvgIpc) is 3.31. The van der Waals surface area contributed by atoms with Crippen LogP contribution in [-0.4, -0.2) is 31.0 Å². The van der Waals surface area contributed by atoms with Crippen molar-refractivity contribution < 1.29 is 4.79 Å². The minimum atomic E-state index is -0.154. The molecule has 0 spiro atoms. The molecule has 0 atom stereocenters. The van der Waals surface area contributed by atoms with Gasteiger partial charge in [-0.05, 0) is 44.7 Å². The molecule has 0 unspecified atom stereocenters. The molecular formula is C25H30N6OS. The quantitative estimate of drug-likeness (QED) is 0.490. The summed E-state index contributed by atoms with van der Waals surface area (Å²) in [6.07, 6.45) is 6.00. The summed E-state index contributed by atoms with van der Waals surface area (Å²) >= 11 is 1.41. The summed E-state index contributed by atoms with van der Waals surface area (Å²) in [6, 6.07) is 12.7. The summed E-state index contributed by atoms with van der Waals surface area (Å²) in [4.78, 5) is 13.0. The molecule has 0 aliphatic heterocycles. The van der Waals surface area contributed by atoms with Crippen LogP contribution in [0.25, 0.3) is 0 Å². The fourth-order valence-electron chi connectivity index (χ4n) is 4.60. The highest BCUT2D eigenvalue weighted by Gasteiger charge is 2.23. The van der Waals surface area contributed by atoms with Gasteiger partial charge in [-0.1, -0.05) is 61.4 Å². The molecule has 1 saturated carbocycles. The third-order valence-electron chi connectivity index (χ3n) is 6.49. The summed E-state index contributed by atoms with van der Waals surface area (Å²) in [6.45, 7) is 6.48. The zero-order valence-corrected chi connectivity index (χ0v) is 20.3. The molecule has 1 aromatic carbocycles. The maximum atomic E-state index is 13.0. The third-order valence-corrected chi connectivity index (χ3v) is 7.43. The van der Waals surface area contributed by atoms with Crippen molar-refractivity contribution >= 4 is 23.5 Å². The first kappa shape index (κ1) is 23.1. The Balaban J connectivity index is 1.50. The summed E-state index contributed by atoms with van der Waals surface area (Å²) in [7, 11) is 0. The molecule has 1 fully saturated rings. The van der Waals surface area contributed by atoms with E-state index in [0.717, 1.165) is 40.6 Å². The SMILES string of the molecule is Cc1c(C#N)c(NC(=O)CSc2nnc(C)n2C2CCCCC2)n(Cc2ccccc2)c1C. The second-order valence-corrected chi connectivity index (χ2v) is 9.59. The Morgan fingerprint density at radius 1 is 1.15 bits per heavy atom. The number of nitrogens with zero attached hydrogens (tertiary/aromatic N) is 5. The highest BCUT2D eigenvalue weighted by atomic mass is 32.2. The van der Waals surface area contributed by atoms with Gasteiger partial charge in [-0.15, -0.1) is 10.2 Å². The van der Waals surface area contributed by atoms with Gasteiger partial charge in [0.2, 0.25) is 5.91 Å². The van der Waals surface area contributed by atoms with Crippen molar-refractivity contribution in [1.82, 2.24) is 19.3 Å². The predicted octanol–water partition coefficient (Wildman–Crippen LogP) is 5.16. The number of thioether (sulfide) groups is 1. The van der Waals surface area contributed by atoms with Crippen LogP contribution in [0, 0.1) is 32.1 Å². The lowest BCUT2D eigenvalue weighted by Gasteiger charge is -2.24. The molecule has 1 aliphatic carbocycles. The van der Waals surface area contributed by atoms with E-state index in [1.54, 1.807) is 0 Å². The molecule has 7 nitrogen and oxygen atoms in total. The van der Waals surface area contributed by atoms with Crippen LogP contribution < -0.4 is 5.32 Å². The number of hydrogen-bond acceptors (Lipinski definition) is 5. The standard InChI is InChI=1S/C25H30N6OS/c1-17-18(2)30(15-20-10-6-4-7-11-20)24(22(17)14-26)27-23(32)16-33-25-29-28-19(3)31(25)21-12-8-5-9-13-21/h4,6-7,10-11,21H,5,8-9,12-13,15-16H2,1-3H3,(H,27,32). The molecule has 2 aromatic heterocycles. The third kappa shape index (κ3) is 4.98. The smallest absolute Gasteiger partial charge is 0.235 e. The van der Waals surface area contributed by atoms with Crippen LogP contribution in [-0.2, 0) is 11.3 Å². The number of carbonyl (C=O) groups excluding carboxylic acids is 1. The largest absolute Gasteiger partial charge is 0.326 e. The molecule has 0 radical (unpaired) electrons. The second kappa shape index (κ2) is 10.3. The predicted molar refractivity (Wildman–Crippen MR) is 130 cm³/mol. The number of carbonyl (C=O) groups is 1. The van der Waals surface area contributed by atoms with Crippen molar-refractivity contribution in [3.63, 3.8) is 0 Å². The van der Waals surface area contributed by atoms with Gasteiger partial charge < -0.3 is 14.5 Å². The van der Waals surface area contributed by atoms with Crippen molar-refractivity contribution in [2.24, 2.45) is 0 Å². The zero-order valence-electron chi connectivity index (χ0n) is 19.5. The Hall–Kier alpha value is -3.05. The number of hydrogen-bond donors (Lipinski definition) is 1. The highest BCUT2D eigenvalue weighted by Crippen LogP contribution is 2.33. The number of anilines is 1. The summed E-state index contributed by atoms with van der Waals surface area (Å²) in [5.41, 5.74) is 3.50. The maximum absolute atomic E-state index is 13.0. The average molecular weight is 463 g/mol. The van der Waals surface area contributed by atoms with Gasteiger partial charge in [0.1, 0.15) is 17.7 Å². The van der Waals surface area contributed by atoms with Gasteiger partial charge in [0.15, 0.2) is 5.16 Å². The van der Waals surface area contributed by atoms with Gasteiger partial charge in [-0.3, -0.25) is 4.79 Å². The number of benzene rings is 1. The summed E-state index contributed by atoms with van der Waals surface area (Å²) in [5.74, 6) is 1.52. The van der Waals surface area contributed by atoms with E-state index in [4.69, 9.17) is 0 Å². The topological polar surface area (TPSA) is 88.5 Å². The van der Waals surface area contributed by atoms with Crippen molar-refractivity contribution in [2.75, 3.05) is 11.1 Å². The minimum Gasteiger partial charge on any atom is -0.326 e. The van der Waals surface area contributed by atoms with Crippen molar-refractivity contribution in [2.45, 2.75) is 70.6 Å². The monoisotopic (exact) mass is 462 g/mol. The highest BCUT2D eigenvalue weighted by molar-refractivity contribution is 7.99. The van der Waals surface area contributed by atoms with E-state index in [-0.39, 0.29) is 11.7 Å². The fraction of sp³-hybridized carbons (Fsp3) is 0.440. The number of nitriles is 1. The van der Waals surface area contributed by atoms with Gasteiger partial charge in [0, 0.05) is 18.3 Å². The van der Waals surface area contributed by atoms with E-state index in [0.29, 0.717) is 24.0 Å². The Morgan fingerprint density at radius 3 is 2.58 bits per heavy atom. The molecule has 33 heavy (non-hydrogen) atoms. The molecule has 0 saturated heterocycles. The number of aryl methyl sites for hydroxylation is 1. The fourth-order valence-corrected chi connectivity index (χ4v) is 5.45.